The summed E-state index contributed by atoms with van der Waals surface area (Å²) >= 11 is -4.54. The molecule has 0 aromatic heterocycles. The molecular weight excluding hydrogens is 460 g/mol. The van der Waals surface area contributed by atoms with Crippen LogP contribution < -0.4 is 0 Å². The fourth-order valence-corrected chi connectivity index (χ4v) is 15.5. The topological polar surface area (TPSA) is 117 Å². The summed E-state index contributed by atoms with van der Waals surface area (Å²) in [5, 5.41) is 0. The van der Waals surface area contributed by atoms with Crippen LogP contribution in [-0.2, 0) is 15.2 Å². The first-order valence-corrected chi connectivity index (χ1v) is 23.7. The molecule has 0 aromatic carbocycles. The van der Waals surface area contributed by atoms with Gasteiger partial charge in [-0.3, -0.25) is 0 Å². The quantitative estimate of drug-likeness (QED) is 0.469. The molecule has 15 heteroatoms. The van der Waals surface area contributed by atoms with Crippen molar-refractivity contribution in [2.24, 2.45) is 0 Å². The van der Waals surface area contributed by atoms with Crippen LogP contribution in [0.25, 0.3) is 0 Å². The van der Waals surface area contributed by atoms with Crippen LogP contribution in [0.15, 0.2) is 0 Å². The normalized spacial score (nSPS) is 7.27. The molecule has 4 radical (unpaired) electrons. The Kier molecular flexibility index (Phi) is 61.2. The van der Waals surface area contributed by atoms with Gasteiger partial charge in [0, 0.05) is 17.4 Å². The minimum absolute atomic E-state index is 0. The van der Waals surface area contributed by atoms with E-state index in [1.807, 2.05) is 0 Å². The van der Waals surface area contributed by atoms with Crippen molar-refractivity contribution < 1.29 is 26.1 Å². The third-order valence-corrected chi connectivity index (χ3v) is 16.7. The summed E-state index contributed by atoms with van der Waals surface area (Å²) in [4.78, 5) is 0. The monoisotopic (exact) mass is 498 g/mol. The van der Waals surface area contributed by atoms with E-state index in [1.54, 1.807) is 0 Å². The maximum absolute atomic E-state index is 8.17. The number of hydrogen-bond acceptors (Lipinski definition) is 5. The molecule has 0 heterocycles. The Morgan fingerprint density at radius 3 is 0.692 bits per heavy atom. The summed E-state index contributed by atoms with van der Waals surface area (Å²) in [6.07, 6.45) is 0. The first kappa shape index (κ1) is 47.6. The van der Waals surface area contributed by atoms with Gasteiger partial charge in [-0.2, -0.15) is 0 Å². The Hall–Kier alpha value is 3.82. The van der Waals surface area contributed by atoms with E-state index in [1.165, 1.54) is 16.2 Å². The molecule has 0 bridgehead atoms. The van der Waals surface area contributed by atoms with Crippen LogP contribution in [0.4, 0.5) is 0 Å². The Morgan fingerprint density at radius 1 is 0.500 bits per heavy atom. The van der Waals surface area contributed by atoms with E-state index in [4.69, 9.17) is 15.2 Å². The zero-order valence-corrected chi connectivity index (χ0v) is 26.9. The predicted molar refractivity (Wildman–Crippen MR) is 124 cm³/mol. The molecule has 0 spiro atoms. The Balaban J connectivity index is -0.0000000443. The van der Waals surface area contributed by atoms with Gasteiger partial charge in [-0.1, -0.05) is 65.3 Å². The van der Waals surface area contributed by atoms with Crippen molar-refractivity contribution in [1.29, 1.82) is 0 Å². The van der Waals surface area contributed by atoms with Crippen LogP contribution in [0, 0.1) is 0 Å². The van der Waals surface area contributed by atoms with Crippen LogP contribution in [0.1, 0.15) is 7.43 Å². The number of rotatable bonds is 8. The third kappa shape index (κ3) is 50.9. The van der Waals surface area contributed by atoms with Crippen molar-refractivity contribution in [3.63, 3.8) is 0 Å². The van der Waals surface area contributed by atoms with E-state index in [-0.39, 0.29) is 35.7 Å². The van der Waals surface area contributed by atoms with E-state index in [0.717, 1.165) is 0 Å². The van der Waals surface area contributed by atoms with Gasteiger partial charge < -0.3 is 22.3 Å². The second-order valence-corrected chi connectivity index (χ2v) is 20.9. The van der Waals surface area contributed by atoms with E-state index in [2.05, 4.69) is 57.9 Å². The summed E-state index contributed by atoms with van der Waals surface area (Å²) < 4.78 is 30.8. The molecule has 0 aliphatic carbocycles. The Labute approximate surface area is 209 Å². The Bertz CT molecular complexity index is 199. The molecule has 0 aliphatic rings. The van der Waals surface area contributed by atoms with Gasteiger partial charge in [0.05, 0.1) is 0 Å². The van der Waals surface area contributed by atoms with Gasteiger partial charge in [-0.15, -0.1) is 0 Å². The molecule has 0 aliphatic heterocycles. The van der Waals surface area contributed by atoms with Gasteiger partial charge in [0.25, 0.3) is 0 Å². The molecule has 7 nitrogen and oxygen atoms in total. The van der Waals surface area contributed by atoms with Crippen molar-refractivity contribution in [2.75, 3.05) is 0 Å². The van der Waals surface area contributed by atoms with Crippen molar-refractivity contribution in [3.05, 3.63) is 0 Å². The number of hydrogen-bond donors (Lipinski definition) is 0. The molecule has 0 rings (SSSR count). The second kappa shape index (κ2) is 33.5. The molecule has 0 atom stereocenters. The fourth-order valence-electron chi connectivity index (χ4n) is 1.60. The van der Waals surface area contributed by atoms with Crippen LogP contribution in [-0.4, -0.2) is 132 Å². The van der Waals surface area contributed by atoms with E-state index in [9.17, 15) is 0 Å². The van der Waals surface area contributed by atoms with Gasteiger partial charge in [-0.05, 0) is 0 Å². The molecule has 0 saturated carbocycles. The SMILES string of the molecule is C.O.O.[Al].[CH3][Al]([CH3])[O][Al]([CH3])[O][Al]([CH3])[CH3].[CH3][Al]([CH3])[O][Al]([CH3])[O][Al]([CH3])[CH3].[O]=[Al]. The first-order valence-electron chi connectivity index (χ1n) is 7.89. The maximum atomic E-state index is 8.17. The zero-order chi connectivity index (χ0) is 18.3. The molecule has 148 valence electrons. The molecule has 4 N–H and O–H groups in total. The van der Waals surface area contributed by atoms with Crippen LogP contribution in [0.5, 0.6) is 0 Å². The first-order chi connectivity index (χ1) is 10.0. The summed E-state index contributed by atoms with van der Waals surface area (Å²) in [5.74, 6) is 21.8. The van der Waals surface area contributed by atoms with Crippen LogP contribution >= 0.6 is 0 Å². The summed E-state index contributed by atoms with van der Waals surface area (Å²) in [5.41, 5.74) is 0. The standard InChI is InChI=1S/CH4.10CH3.8Al.2H2O.5O/h1H4;10*1H3;;;;;;;;;2*1H2;;;;;. The summed E-state index contributed by atoms with van der Waals surface area (Å²) in [7, 11) is 0. The second-order valence-electron chi connectivity index (χ2n) is 5.87. The van der Waals surface area contributed by atoms with Gasteiger partial charge in [0.1, 0.15) is 0 Å². The average Bonchev–Trinajstić information content (AvgIpc) is 2.27. The molecule has 26 heavy (non-hydrogen) atoms. The fraction of sp³-hybridized carbons (Fsp3) is 1.00. The molecule has 0 amide bonds. The zero-order valence-electron chi connectivity index (χ0n) is 17.7. The summed E-state index contributed by atoms with van der Waals surface area (Å²) in [6, 6.07) is 0. The predicted octanol–water partition coefficient (Wildman–Crippen LogP) is 1.39. The molecule has 0 aromatic rings. The van der Waals surface area contributed by atoms with E-state index >= 15 is 0 Å². The van der Waals surface area contributed by atoms with Crippen molar-refractivity contribution in [3.8, 4) is 0 Å². The molecule has 0 fully saturated rings. The average molecular weight is 498 g/mol. The van der Waals surface area contributed by atoms with Gasteiger partial charge in [-0.25, -0.2) is 0 Å². The molecule has 0 saturated heterocycles. The minimum atomic E-state index is -1.19. The molecular formula is C11H38Al8O7. The van der Waals surface area contributed by atoms with Crippen LogP contribution in [0.2, 0.25) is 57.9 Å². The molecule has 0 unspecified atom stereocenters. The van der Waals surface area contributed by atoms with Crippen molar-refractivity contribution in [1.82, 2.24) is 0 Å². The van der Waals surface area contributed by atoms with Crippen molar-refractivity contribution >= 4 is 121 Å². The van der Waals surface area contributed by atoms with E-state index < -0.39 is 87.6 Å². The van der Waals surface area contributed by atoms with Gasteiger partial charge >= 0.3 is 108 Å². The van der Waals surface area contributed by atoms with Crippen LogP contribution in [0.3, 0.4) is 0 Å². The Morgan fingerprint density at radius 2 is 0.615 bits per heavy atom. The van der Waals surface area contributed by atoms with Gasteiger partial charge in [0.15, 0.2) is 0 Å². The van der Waals surface area contributed by atoms with E-state index in [0.29, 0.717) is 0 Å². The van der Waals surface area contributed by atoms with Gasteiger partial charge in [0.2, 0.25) is 0 Å². The third-order valence-electron chi connectivity index (χ3n) is 1.86. The van der Waals surface area contributed by atoms with Crippen molar-refractivity contribution in [2.45, 2.75) is 65.3 Å². The summed E-state index contributed by atoms with van der Waals surface area (Å²) in [6.45, 7) is 0.